The maximum atomic E-state index is 9.33. The molecule has 0 aromatic heterocycles. The monoisotopic (exact) mass is 256 g/mol. The van der Waals surface area contributed by atoms with E-state index in [4.69, 9.17) is 0 Å². The highest BCUT2D eigenvalue weighted by Crippen LogP contribution is 2.34. The van der Waals surface area contributed by atoms with Crippen molar-refractivity contribution in [3.8, 4) is 5.75 Å². The number of allylic oxidation sites excluding steroid dienone is 4. The normalized spacial score (nSPS) is 17.1. The number of phenolic OH excluding ortho intramolecular Hbond substituents is 1. The molecule has 0 amide bonds. The molecule has 19 heavy (non-hydrogen) atoms. The zero-order chi connectivity index (χ0) is 13.8. The average molecular weight is 256 g/mol. The largest absolute Gasteiger partial charge is 0.508 e. The summed E-state index contributed by atoms with van der Waals surface area (Å²) in [7, 11) is 0. The second-order valence-corrected chi connectivity index (χ2v) is 5.74. The van der Waals surface area contributed by atoms with Gasteiger partial charge in [-0.2, -0.15) is 0 Å². The van der Waals surface area contributed by atoms with E-state index >= 15 is 0 Å². The van der Waals surface area contributed by atoms with E-state index in [1.54, 1.807) is 17.7 Å². The maximum Gasteiger partial charge on any atom is 0.115 e. The Balaban J connectivity index is 2.18. The minimum atomic E-state index is 0.335. The molecule has 0 fully saturated rings. The van der Waals surface area contributed by atoms with Gasteiger partial charge in [-0.3, -0.25) is 0 Å². The molecular weight excluding hydrogens is 232 g/mol. The van der Waals surface area contributed by atoms with Crippen molar-refractivity contribution in [2.75, 3.05) is 0 Å². The van der Waals surface area contributed by atoms with Gasteiger partial charge in [0, 0.05) is 0 Å². The van der Waals surface area contributed by atoms with Crippen LogP contribution in [-0.4, -0.2) is 5.11 Å². The molecule has 0 heterocycles. The smallest absolute Gasteiger partial charge is 0.115 e. The molecule has 0 spiro atoms. The second-order valence-electron chi connectivity index (χ2n) is 5.74. The predicted molar refractivity (Wildman–Crippen MR) is 82.0 cm³/mol. The van der Waals surface area contributed by atoms with Crippen molar-refractivity contribution >= 4 is 5.57 Å². The van der Waals surface area contributed by atoms with Gasteiger partial charge in [0.1, 0.15) is 5.75 Å². The molecule has 1 aromatic rings. The fourth-order valence-corrected chi connectivity index (χ4v) is 3.04. The average Bonchev–Trinajstić information content (AvgIpc) is 2.41. The molecule has 0 saturated carbocycles. The Morgan fingerprint density at radius 3 is 2.21 bits per heavy atom. The highest BCUT2D eigenvalue weighted by Gasteiger charge is 2.18. The van der Waals surface area contributed by atoms with E-state index in [-0.39, 0.29) is 0 Å². The predicted octanol–water partition coefficient (Wildman–Crippen LogP) is 5.18. The van der Waals surface area contributed by atoms with E-state index in [2.05, 4.69) is 32.9 Å². The fraction of sp³-hybridized carbons (Fsp3) is 0.444. The van der Waals surface area contributed by atoms with Gasteiger partial charge in [0.15, 0.2) is 0 Å². The van der Waals surface area contributed by atoms with Crippen molar-refractivity contribution in [3.05, 3.63) is 47.6 Å². The quantitative estimate of drug-likeness (QED) is 0.787. The standard InChI is InChI=1S/C18H24O/c1-4-18(13(2)3)16-7-5-14(6-8-16)15-9-11-17(19)12-10-15/h5,7,9-13,18-19H,4,6,8H2,1-3H3. The Bertz CT molecular complexity index is 477. The first-order valence-electron chi connectivity index (χ1n) is 7.30. The van der Waals surface area contributed by atoms with Crippen molar-refractivity contribution in [1.82, 2.24) is 0 Å². The van der Waals surface area contributed by atoms with Crippen LogP contribution in [0.25, 0.3) is 5.57 Å². The van der Waals surface area contributed by atoms with Gasteiger partial charge in [-0.15, -0.1) is 0 Å². The fourth-order valence-electron chi connectivity index (χ4n) is 3.04. The van der Waals surface area contributed by atoms with E-state index in [1.165, 1.54) is 24.0 Å². The SMILES string of the molecule is CCC(C1=CC=C(c2ccc(O)cc2)CC1)C(C)C. The molecule has 0 radical (unpaired) electrons. The summed E-state index contributed by atoms with van der Waals surface area (Å²) in [5.41, 5.74) is 4.20. The topological polar surface area (TPSA) is 20.2 Å². The van der Waals surface area contributed by atoms with Gasteiger partial charge in [-0.1, -0.05) is 50.6 Å². The van der Waals surface area contributed by atoms with Crippen molar-refractivity contribution < 1.29 is 5.11 Å². The molecule has 1 atom stereocenters. The lowest BCUT2D eigenvalue weighted by Gasteiger charge is -2.25. The highest BCUT2D eigenvalue weighted by atomic mass is 16.3. The molecule has 0 saturated heterocycles. The first kappa shape index (κ1) is 13.9. The Morgan fingerprint density at radius 1 is 1.05 bits per heavy atom. The third kappa shape index (κ3) is 3.28. The second kappa shape index (κ2) is 6.10. The summed E-state index contributed by atoms with van der Waals surface area (Å²) in [6.45, 7) is 6.91. The third-order valence-corrected chi connectivity index (χ3v) is 4.14. The van der Waals surface area contributed by atoms with Crippen LogP contribution in [0.15, 0.2) is 42.0 Å². The number of rotatable bonds is 4. The summed E-state index contributed by atoms with van der Waals surface area (Å²) in [5, 5.41) is 9.33. The Labute approximate surface area is 116 Å². The molecule has 0 bridgehead atoms. The molecule has 1 aromatic carbocycles. The van der Waals surface area contributed by atoms with Gasteiger partial charge in [-0.05, 0) is 54.4 Å². The molecular formula is C18H24O. The van der Waals surface area contributed by atoms with Crippen LogP contribution < -0.4 is 0 Å². The zero-order valence-corrected chi connectivity index (χ0v) is 12.2. The van der Waals surface area contributed by atoms with Crippen LogP contribution in [0.4, 0.5) is 0 Å². The summed E-state index contributed by atoms with van der Waals surface area (Å²) < 4.78 is 0. The molecule has 1 aliphatic rings. The number of hydrogen-bond donors (Lipinski definition) is 1. The van der Waals surface area contributed by atoms with Gasteiger partial charge in [0.2, 0.25) is 0 Å². The highest BCUT2D eigenvalue weighted by molar-refractivity contribution is 5.69. The summed E-state index contributed by atoms with van der Waals surface area (Å²) in [6, 6.07) is 7.52. The van der Waals surface area contributed by atoms with Crippen molar-refractivity contribution in [2.45, 2.75) is 40.0 Å². The van der Waals surface area contributed by atoms with Crippen LogP contribution in [0.1, 0.15) is 45.6 Å². The number of benzene rings is 1. The van der Waals surface area contributed by atoms with Gasteiger partial charge < -0.3 is 5.11 Å². The van der Waals surface area contributed by atoms with E-state index in [9.17, 15) is 5.11 Å². The Morgan fingerprint density at radius 2 is 1.74 bits per heavy atom. The molecule has 1 N–H and O–H groups in total. The van der Waals surface area contributed by atoms with Crippen molar-refractivity contribution in [2.24, 2.45) is 11.8 Å². The zero-order valence-electron chi connectivity index (χ0n) is 12.2. The van der Waals surface area contributed by atoms with E-state index < -0.39 is 0 Å². The molecule has 1 aliphatic carbocycles. The lowest BCUT2D eigenvalue weighted by atomic mass is 9.80. The number of hydrogen-bond acceptors (Lipinski definition) is 1. The van der Waals surface area contributed by atoms with Crippen LogP contribution >= 0.6 is 0 Å². The summed E-state index contributed by atoms with van der Waals surface area (Å²) >= 11 is 0. The van der Waals surface area contributed by atoms with Crippen LogP contribution in [0, 0.1) is 11.8 Å². The summed E-state index contributed by atoms with van der Waals surface area (Å²) in [4.78, 5) is 0. The molecule has 0 aliphatic heterocycles. The lowest BCUT2D eigenvalue weighted by molar-refractivity contribution is 0.419. The van der Waals surface area contributed by atoms with Gasteiger partial charge in [0.05, 0.1) is 0 Å². The Hall–Kier alpha value is -1.50. The van der Waals surface area contributed by atoms with E-state index in [0.29, 0.717) is 5.75 Å². The minimum Gasteiger partial charge on any atom is -0.508 e. The first-order valence-corrected chi connectivity index (χ1v) is 7.30. The molecule has 1 nitrogen and oxygen atoms in total. The number of phenols is 1. The first-order chi connectivity index (χ1) is 9.11. The van der Waals surface area contributed by atoms with E-state index in [1.807, 2.05) is 12.1 Å². The van der Waals surface area contributed by atoms with Gasteiger partial charge in [-0.25, -0.2) is 0 Å². The van der Waals surface area contributed by atoms with Crippen molar-refractivity contribution in [3.63, 3.8) is 0 Å². The van der Waals surface area contributed by atoms with Crippen LogP contribution in [0.3, 0.4) is 0 Å². The van der Waals surface area contributed by atoms with E-state index in [0.717, 1.165) is 18.3 Å². The van der Waals surface area contributed by atoms with Gasteiger partial charge >= 0.3 is 0 Å². The lowest BCUT2D eigenvalue weighted by Crippen LogP contribution is -2.12. The van der Waals surface area contributed by atoms with Gasteiger partial charge in [0.25, 0.3) is 0 Å². The summed E-state index contributed by atoms with van der Waals surface area (Å²) in [5.74, 6) is 1.78. The summed E-state index contributed by atoms with van der Waals surface area (Å²) in [6.07, 6.45) is 8.09. The molecule has 1 unspecified atom stereocenters. The molecule has 102 valence electrons. The molecule has 2 rings (SSSR count). The Kier molecular flexibility index (Phi) is 4.47. The molecule has 1 heteroatoms. The number of aromatic hydroxyl groups is 1. The van der Waals surface area contributed by atoms with Crippen LogP contribution in [0.2, 0.25) is 0 Å². The maximum absolute atomic E-state index is 9.33. The van der Waals surface area contributed by atoms with Crippen molar-refractivity contribution in [1.29, 1.82) is 0 Å². The van der Waals surface area contributed by atoms with Crippen LogP contribution in [0.5, 0.6) is 5.75 Å². The third-order valence-electron chi connectivity index (χ3n) is 4.14. The minimum absolute atomic E-state index is 0.335. The van der Waals surface area contributed by atoms with Crippen LogP contribution in [-0.2, 0) is 0 Å².